The number of anilines is 1. The van der Waals surface area contributed by atoms with E-state index in [1.54, 1.807) is 12.3 Å². The number of nitrogens with two attached hydrogens (primary N) is 1. The van der Waals surface area contributed by atoms with Gasteiger partial charge in [0.25, 0.3) is 5.91 Å². The molecule has 5 nitrogen and oxygen atoms in total. The Hall–Kier alpha value is -1.62. The number of nitrogens with one attached hydrogen (secondary N) is 2. The largest absolute Gasteiger partial charge is 0.384 e. The lowest BCUT2D eigenvalue weighted by Crippen LogP contribution is -2.28. The molecule has 0 fully saturated rings. The molecule has 0 aliphatic rings. The van der Waals surface area contributed by atoms with Crippen LogP contribution in [0.5, 0.6) is 0 Å². The second-order valence-electron chi connectivity index (χ2n) is 3.83. The van der Waals surface area contributed by atoms with Gasteiger partial charge in [0.15, 0.2) is 0 Å². The quantitative estimate of drug-likeness (QED) is 0.615. The van der Waals surface area contributed by atoms with E-state index in [4.69, 9.17) is 5.73 Å². The standard InChI is InChI=1S/C11H18N4O/c1-8(2)13-5-6-14-9-3-4-15-10(7-9)11(12)16/h3-4,7-8,13H,5-6H2,1-2H3,(H2,12,16)(H,14,15). The van der Waals surface area contributed by atoms with Crippen LogP contribution in [-0.2, 0) is 0 Å². The lowest BCUT2D eigenvalue weighted by Gasteiger charge is -2.10. The van der Waals surface area contributed by atoms with Crippen LogP contribution in [0, 0.1) is 0 Å². The molecule has 1 aromatic heterocycles. The van der Waals surface area contributed by atoms with Crippen molar-refractivity contribution in [2.75, 3.05) is 18.4 Å². The van der Waals surface area contributed by atoms with Crippen molar-refractivity contribution in [2.24, 2.45) is 5.73 Å². The van der Waals surface area contributed by atoms with E-state index in [9.17, 15) is 4.79 Å². The molecule has 1 rings (SSSR count). The average Bonchev–Trinajstić information content (AvgIpc) is 2.24. The van der Waals surface area contributed by atoms with Gasteiger partial charge in [-0.2, -0.15) is 0 Å². The van der Waals surface area contributed by atoms with Gasteiger partial charge in [0, 0.05) is 31.0 Å². The molecule has 0 spiro atoms. The van der Waals surface area contributed by atoms with Gasteiger partial charge in [0.1, 0.15) is 5.69 Å². The Morgan fingerprint density at radius 3 is 2.88 bits per heavy atom. The molecule has 1 heterocycles. The maximum absolute atomic E-state index is 10.9. The second-order valence-corrected chi connectivity index (χ2v) is 3.83. The number of pyridine rings is 1. The Bertz CT molecular complexity index is 352. The number of amides is 1. The van der Waals surface area contributed by atoms with Gasteiger partial charge < -0.3 is 16.4 Å². The molecule has 0 aromatic carbocycles. The SMILES string of the molecule is CC(C)NCCNc1ccnc(C(N)=O)c1. The number of nitrogens with zero attached hydrogens (tertiary/aromatic N) is 1. The first kappa shape index (κ1) is 12.4. The molecule has 0 bridgehead atoms. The Labute approximate surface area is 95.4 Å². The van der Waals surface area contributed by atoms with Crippen LogP contribution in [0.1, 0.15) is 24.3 Å². The van der Waals surface area contributed by atoms with Gasteiger partial charge in [-0.1, -0.05) is 13.8 Å². The van der Waals surface area contributed by atoms with Crippen LogP contribution in [0.25, 0.3) is 0 Å². The highest BCUT2D eigenvalue weighted by atomic mass is 16.1. The van der Waals surface area contributed by atoms with Crippen LogP contribution in [0.4, 0.5) is 5.69 Å². The Morgan fingerprint density at radius 2 is 2.25 bits per heavy atom. The summed E-state index contributed by atoms with van der Waals surface area (Å²) >= 11 is 0. The van der Waals surface area contributed by atoms with Crippen LogP contribution in [0.2, 0.25) is 0 Å². The lowest BCUT2D eigenvalue weighted by atomic mass is 10.3. The molecule has 5 heteroatoms. The zero-order valence-corrected chi connectivity index (χ0v) is 9.66. The number of carbonyl (C=O) groups excluding carboxylic acids is 1. The molecule has 0 aliphatic carbocycles. The zero-order chi connectivity index (χ0) is 12.0. The average molecular weight is 222 g/mol. The maximum Gasteiger partial charge on any atom is 0.267 e. The summed E-state index contributed by atoms with van der Waals surface area (Å²) in [5.41, 5.74) is 6.27. The van der Waals surface area contributed by atoms with E-state index in [2.05, 4.69) is 29.5 Å². The third-order valence-corrected chi connectivity index (χ3v) is 2.02. The lowest BCUT2D eigenvalue weighted by molar-refractivity contribution is 0.0995. The number of hydrogen-bond acceptors (Lipinski definition) is 4. The van der Waals surface area contributed by atoms with Crippen LogP contribution in [0.3, 0.4) is 0 Å². The van der Waals surface area contributed by atoms with Crippen molar-refractivity contribution in [3.05, 3.63) is 24.0 Å². The monoisotopic (exact) mass is 222 g/mol. The van der Waals surface area contributed by atoms with Gasteiger partial charge in [-0.05, 0) is 12.1 Å². The molecule has 0 saturated carbocycles. The third-order valence-electron chi connectivity index (χ3n) is 2.02. The fourth-order valence-corrected chi connectivity index (χ4v) is 1.24. The van der Waals surface area contributed by atoms with Gasteiger partial charge >= 0.3 is 0 Å². The molecular weight excluding hydrogens is 204 g/mol. The third kappa shape index (κ3) is 4.27. The molecule has 1 amide bonds. The molecule has 88 valence electrons. The summed E-state index contributed by atoms with van der Waals surface area (Å²) in [5, 5.41) is 6.47. The van der Waals surface area contributed by atoms with Crippen molar-refractivity contribution in [3.8, 4) is 0 Å². The van der Waals surface area contributed by atoms with Crippen LogP contribution >= 0.6 is 0 Å². The molecular formula is C11H18N4O. The van der Waals surface area contributed by atoms with E-state index < -0.39 is 5.91 Å². The van der Waals surface area contributed by atoms with E-state index in [0.717, 1.165) is 18.8 Å². The highest BCUT2D eigenvalue weighted by Gasteiger charge is 2.02. The Kier molecular flexibility index (Phi) is 4.72. The highest BCUT2D eigenvalue weighted by Crippen LogP contribution is 2.06. The zero-order valence-electron chi connectivity index (χ0n) is 9.66. The van der Waals surface area contributed by atoms with Crippen LogP contribution in [-0.4, -0.2) is 30.0 Å². The molecule has 0 aliphatic heterocycles. The Morgan fingerprint density at radius 1 is 1.50 bits per heavy atom. The van der Waals surface area contributed by atoms with Crippen molar-refractivity contribution in [1.82, 2.24) is 10.3 Å². The van der Waals surface area contributed by atoms with Gasteiger partial charge in [-0.15, -0.1) is 0 Å². The number of rotatable bonds is 6. The smallest absolute Gasteiger partial charge is 0.267 e. The fourth-order valence-electron chi connectivity index (χ4n) is 1.24. The number of hydrogen-bond donors (Lipinski definition) is 3. The first-order chi connectivity index (χ1) is 7.59. The van der Waals surface area contributed by atoms with Crippen molar-refractivity contribution < 1.29 is 4.79 Å². The van der Waals surface area contributed by atoms with Gasteiger partial charge in [0.2, 0.25) is 0 Å². The highest BCUT2D eigenvalue weighted by molar-refractivity contribution is 5.91. The first-order valence-corrected chi connectivity index (χ1v) is 5.32. The fraction of sp³-hybridized carbons (Fsp3) is 0.455. The van der Waals surface area contributed by atoms with Crippen LogP contribution in [0.15, 0.2) is 18.3 Å². The predicted molar refractivity (Wildman–Crippen MR) is 64.4 cm³/mol. The summed E-state index contributed by atoms with van der Waals surface area (Å²) in [4.78, 5) is 14.8. The molecule has 1 aromatic rings. The summed E-state index contributed by atoms with van der Waals surface area (Å²) in [6, 6.07) is 3.93. The van der Waals surface area contributed by atoms with Gasteiger partial charge in [-0.25, -0.2) is 0 Å². The second kappa shape index (κ2) is 6.07. The number of aromatic nitrogens is 1. The summed E-state index contributed by atoms with van der Waals surface area (Å²) < 4.78 is 0. The minimum Gasteiger partial charge on any atom is -0.384 e. The predicted octanol–water partition coefficient (Wildman–Crippen LogP) is 0.590. The van der Waals surface area contributed by atoms with Crippen LogP contribution < -0.4 is 16.4 Å². The molecule has 4 N–H and O–H groups in total. The molecule has 16 heavy (non-hydrogen) atoms. The summed E-state index contributed by atoms with van der Waals surface area (Å²) in [7, 11) is 0. The van der Waals surface area contributed by atoms with E-state index in [-0.39, 0.29) is 5.69 Å². The van der Waals surface area contributed by atoms with Crippen molar-refractivity contribution in [1.29, 1.82) is 0 Å². The van der Waals surface area contributed by atoms with E-state index >= 15 is 0 Å². The van der Waals surface area contributed by atoms with Crippen molar-refractivity contribution >= 4 is 11.6 Å². The molecule has 0 radical (unpaired) electrons. The minimum atomic E-state index is -0.510. The normalized spacial score (nSPS) is 10.4. The maximum atomic E-state index is 10.9. The van der Waals surface area contributed by atoms with E-state index in [1.165, 1.54) is 0 Å². The van der Waals surface area contributed by atoms with E-state index in [0.29, 0.717) is 6.04 Å². The van der Waals surface area contributed by atoms with Crippen molar-refractivity contribution in [3.63, 3.8) is 0 Å². The molecule has 0 saturated heterocycles. The number of carbonyl (C=O) groups is 1. The summed E-state index contributed by atoms with van der Waals surface area (Å²) in [5.74, 6) is -0.510. The van der Waals surface area contributed by atoms with E-state index in [1.807, 2.05) is 6.07 Å². The first-order valence-electron chi connectivity index (χ1n) is 5.32. The minimum absolute atomic E-state index is 0.279. The summed E-state index contributed by atoms with van der Waals surface area (Å²) in [6.45, 7) is 5.85. The van der Waals surface area contributed by atoms with Gasteiger partial charge in [0.05, 0.1) is 0 Å². The molecule has 0 atom stereocenters. The van der Waals surface area contributed by atoms with Crippen molar-refractivity contribution in [2.45, 2.75) is 19.9 Å². The summed E-state index contributed by atoms with van der Waals surface area (Å²) in [6.07, 6.45) is 1.57. The number of primary amides is 1. The van der Waals surface area contributed by atoms with Gasteiger partial charge in [-0.3, -0.25) is 9.78 Å². The Balaban J connectivity index is 2.42. The topological polar surface area (TPSA) is 80.0 Å². The molecule has 0 unspecified atom stereocenters.